The highest BCUT2D eigenvalue weighted by molar-refractivity contribution is 5.81. The van der Waals surface area contributed by atoms with Gasteiger partial charge in [0.15, 0.2) is 0 Å². The lowest BCUT2D eigenvalue weighted by Gasteiger charge is -2.08. The number of hydrogen-bond acceptors (Lipinski definition) is 2. The highest BCUT2D eigenvalue weighted by Crippen LogP contribution is 2.20. The first-order valence-corrected chi connectivity index (χ1v) is 6.76. The number of nitrogens with one attached hydrogen (secondary N) is 1. The molecule has 0 fully saturated rings. The Balaban J connectivity index is 1.88. The molecule has 1 aromatic heterocycles. The van der Waals surface area contributed by atoms with Crippen LogP contribution in [0, 0.1) is 6.92 Å². The number of aromatic nitrogens is 1. The smallest absolute Gasteiger partial charge is 0.233 e. The van der Waals surface area contributed by atoms with Crippen molar-refractivity contribution in [1.29, 1.82) is 0 Å². The monoisotopic (exact) mass is 259 g/mol. The number of nitrogens with zero attached hydrogens (tertiary/aromatic N) is 1. The van der Waals surface area contributed by atoms with Crippen LogP contribution in [0.5, 0.6) is 0 Å². The Morgan fingerprint density at radius 2 is 2.05 bits per heavy atom. The second-order valence-electron chi connectivity index (χ2n) is 4.87. The second kappa shape index (κ2) is 6.38. The maximum Gasteiger partial charge on any atom is 0.233 e. The number of carbonyl (C=O) groups excluding carboxylic acids is 1. The molecule has 2 rings (SSSR count). The molecule has 0 bridgehead atoms. The van der Waals surface area contributed by atoms with Crippen LogP contribution in [-0.4, -0.2) is 10.5 Å². The van der Waals surface area contributed by atoms with Crippen molar-refractivity contribution in [2.24, 2.45) is 5.84 Å². The highest BCUT2D eigenvalue weighted by atomic mass is 16.2. The van der Waals surface area contributed by atoms with Crippen molar-refractivity contribution in [2.45, 2.75) is 39.2 Å². The van der Waals surface area contributed by atoms with E-state index in [0.29, 0.717) is 6.42 Å². The van der Waals surface area contributed by atoms with Gasteiger partial charge in [-0.25, -0.2) is 5.84 Å². The molecule has 4 nitrogen and oxygen atoms in total. The Kier molecular flexibility index (Phi) is 4.58. The van der Waals surface area contributed by atoms with E-state index in [-0.39, 0.29) is 5.91 Å². The third-order valence-corrected chi connectivity index (χ3v) is 3.46. The van der Waals surface area contributed by atoms with Crippen molar-refractivity contribution in [3.05, 3.63) is 36.0 Å². The number of fused-ring (bicyclic) bond motifs is 1. The Morgan fingerprint density at radius 3 is 2.84 bits per heavy atom. The van der Waals surface area contributed by atoms with Gasteiger partial charge in [0, 0.05) is 24.2 Å². The number of hydrazine groups is 1. The fourth-order valence-electron chi connectivity index (χ4n) is 2.45. The zero-order valence-electron chi connectivity index (χ0n) is 11.4. The van der Waals surface area contributed by atoms with Gasteiger partial charge in [0.2, 0.25) is 5.91 Å². The number of amides is 1. The molecule has 0 unspecified atom stereocenters. The predicted molar refractivity (Wildman–Crippen MR) is 77.5 cm³/mol. The first-order valence-electron chi connectivity index (χ1n) is 6.76. The van der Waals surface area contributed by atoms with Crippen LogP contribution in [-0.2, 0) is 11.3 Å². The first-order chi connectivity index (χ1) is 9.22. The quantitative estimate of drug-likeness (QED) is 0.362. The summed E-state index contributed by atoms with van der Waals surface area (Å²) in [4.78, 5) is 11.0. The van der Waals surface area contributed by atoms with Gasteiger partial charge >= 0.3 is 0 Å². The van der Waals surface area contributed by atoms with Gasteiger partial charge in [-0.05, 0) is 37.3 Å². The molecule has 1 amide bonds. The minimum absolute atomic E-state index is 0.0809. The minimum Gasteiger partial charge on any atom is -0.345 e. The van der Waals surface area contributed by atoms with Crippen molar-refractivity contribution in [2.75, 3.05) is 0 Å². The van der Waals surface area contributed by atoms with Crippen LogP contribution in [0.4, 0.5) is 0 Å². The summed E-state index contributed by atoms with van der Waals surface area (Å²) in [7, 11) is 0. The maximum atomic E-state index is 11.0. The number of aryl methyl sites for hydroxylation is 2. The van der Waals surface area contributed by atoms with E-state index in [1.807, 2.05) is 0 Å². The van der Waals surface area contributed by atoms with Crippen LogP contribution in [0.1, 0.15) is 31.4 Å². The Bertz CT molecular complexity index is 560. The number of unbranched alkanes of at least 4 members (excludes halogenated alkanes) is 2. The highest BCUT2D eigenvalue weighted by Gasteiger charge is 2.04. The average molecular weight is 259 g/mol. The number of hydrogen-bond donors (Lipinski definition) is 2. The lowest BCUT2D eigenvalue weighted by atomic mass is 10.2. The number of carbonyl (C=O) groups is 1. The molecule has 102 valence electrons. The molecule has 0 saturated carbocycles. The van der Waals surface area contributed by atoms with Crippen LogP contribution in [0.15, 0.2) is 30.3 Å². The average Bonchev–Trinajstić information content (AvgIpc) is 2.74. The number of rotatable bonds is 6. The van der Waals surface area contributed by atoms with Gasteiger partial charge in [-0.3, -0.25) is 10.2 Å². The number of benzene rings is 1. The summed E-state index contributed by atoms with van der Waals surface area (Å²) in [6.07, 6.45) is 3.53. The zero-order chi connectivity index (χ0) is 13.7. The molecule has 0 aliphatic rings. The first kappa shape index (κ1) is 13.6. The molecule has 0 saturated heterocycles. The molecule has 0 spiro atoms. The van der Waals surface area contributed by atoms with E-state index >= 15 is 0 Å². The van der Waals surface area contributed by atoms with Gasteiger partial charge < -0.3 is 4.57 Å². The van der Waals surface area contributed by atoms with E-state index in [1.54, 1.807) is 0 Å². The summed E-state index contributed by atoms with van der Waals surface area (Å²) in [5.41, 5.74) is 4.74. The van der Waals surface area contributed by atoms with Gasteiger partial charge in [-0.2, -0.15) is 0 Å². The maximum absolute atomic E-state index is 11.0. The van der Waals surface area contributed by atoms with E-state index < -0.39 is 0 Å². The Morgan fingerprint density at radius 1 is 1.26 bits per heavy atom. The van der Waals surface area contributed by atoms with Crippen LogP contribution in [0.25, 0.3) is 10.9 Å². The minimum atomic E-state index is -0.0809. The molecule has 19 heavy (non-hydrogen) atoms. The van der Waals surface area contributed by atoms with Crippen molar-refractivity contribution < 1.29 is 4.79 Å². The molecule has 0 atom stereocenters. The summed E-state index contributed by atoms with van der Waals surface area (Å²) in [6.45, 7) is 3.14. The Labute approximate surface area is 113 Å². The van der Waals surface area contributed by atoms with Crippen LogP contribution < -0.4 is 11.3 Å². The molecule has 1 aromatic carbocycles. The fraction of sp³-hybridized carbons (Fsp3) is 0.400. The largest absolute Gasteiger partial charge is 0.345 e. The summed E-state index contributed by atoms with van der Waals surface area (Å²) < 4.78 is 2.35. The number of para-hydroxylation sites is 1. The van der Waals surface area contributed by atoms with E-state index in [1.165, 1.54) is 16.6 Å². The molecule has 1 heterocycles. The van der Waals surface area contributed by atoms with Crippen molar-refractivity contribution >= 4 is 16.8 Å². The fourth-order valence-corrected chi connectivity index (χ4v) is 2.45. The van der Waals surface area contributed by atoms with E-state index in [2.05, 4.69) is 47.2 Å². The SMILES string of the molecule is Cc1cc2ccccc2n1CCCCCC(=O)NN. The van der Waals surface area contributed by atoms with Gasteiger partial charge in [0.25, 0.3) is 0 Å². The Hall–Kier alpha value is -1.81. The normalized spacial score (nSPS) is 10.8. The molecule has 2 aromatic rings. The third-order valence-electron chi connectivity index (χ3n) is 3.46. The molecule has 0 aliphatic heterocycles. The number of nitrogens with two attached hydrogens (primary N) is 1. The van der Waals surface area contributed by atoms with Crippen molar-refractivity contribution in [3.63, 3.8) is 0 Å². The van der Waals surface area contributed by atoms with Crippen LogP contribution >= 0.6 is 0 Å². The molecular weight excluding hydrogens is 238 g/mol. The second-order valence-corrected chi connectivity index (χ2v) is 4.87. The van der Waals surface area contributed by atoms with Crippen LogP contribution in [0.2, 0.25) is 0 Å². The molecular formula is C15H21N3O. The summed E-state index contributed by atoms with van der Waals surface area (Å²) >= 11 is 0. The zero-order valence-corrected chi connectivity index (χ0v) is 11.4. The van der Waals surface area contributed by atoms with Gasteiger partial charge in [-0.15, -0.1) is 0 Å². The summed E-state index contributed by atoms with van der Waals surface area (Å²) in [5.74, 6) is 4.96. The predicted octanol–water partition coefficient (Wildman–Crippen LogP) is 2.50. The summed E-state index contributed by atoms with van der Waals surface area (Å²) in [6, 6.07) is 10.7. The van der Waals surface area contributed by atoms with E-state index in [4.69, 9.17) is 5.84 Å². The molecule has 0 radical (unpaired) electrons. The van der Waals surface area contributed by atoms with E-state index in [0.717, 1.165) is 25.8 Å². The van der Waals surface area contributed by atoms with Gasteiger partial charge in [0.1, 0.15) is 0 Å². The standard InChI is InChI=1S/C15H21N3O/c1-12-11-13-7-4-5-8-14(13)18(12)10-6-2-3-9-15(19)17-16/h4-5,7-8,11H,2-3,6,9-10,16H2,1H3,(H,17,19). The third kappa shape index (κ3) is 3.35. The van der Waals surface area contributed by atoms with Crippen LogP contribution in [0.3, 0.4) is 0 Å². The molecule has 3 N–H and O–H groups in total. The lowest BCUT2D eigenvalue weighted by molar-refractivity contribution is -0.121. The molecule has 0 aliphatic carbocycles. The molecule has 4 heteroatoms. The van der Waals surface area contributed by atoms with Crippen molar-refractivity contribution in [1.82, 2.24) is 9.99 Å². The van der Waals surface area contributed by atoms with E-state index in [9.17, 15) is 4.79 Å². The van der Waals surface area contributed by atoms with Crippen molar-refractivity contribution in [3.8, 4) is 0 Å². The summed E-state index contributed by atoms with van der Waals surface area (Å²) in [5, 5.41) is 1.29. The lowest BCUT2D eigenvalue weighted by Crippen LogP contribution is -2.29. The van der Waals surface area contributed by atoms with Gasteiger partial charge in [0.05, 0.1) is 0 Å². The van der Waals surface area contributed by atoms with Gasteiger partial charge in [-0.1, -0.05) is 24.6 Å². The topological polar surface area (TPSA) is 60.0 Å².